The molecule has 8 heteroatoms. The number of hydrogen-bond acceptors (Lipinski definition) is 7. The first-order chi connectivity index (χ1) is 17.7. The number of phenols is 2. The number of carbonyl (C=O) groups excluding carboxylic acids is 1. The quantitative estimate of drug-likeness (QED) is 0.237. The first-order valence-electron chi connectivity index (χ1n) is 12.2. The lowest BCUT2D eigenvalue weighted by atomic mass is 10.0. The van der Waals surface area contributed by atoms with E-state index in [4.69, 9.17) is 9.47 Å². The minimum absolute atomic E-state index is 0.0886. The Morgan fingerprint density at radius 1 is 0.946 bits per heavy atom. The number of carbonyl (C=O) groups is 1. The van der Waals surface area contributed by atoms with E-state index in [1.165, 1.54) is 6.07 Å². The summed E-state index contributed by atoms with van der Waals surface area (Å²) in [6.45, 7) is 4.31. The summed E-state index contributed by atoms with van der Waals surface area (Å²) in [6, 6.07) is 16.5. The molecule has 2 atom stereocenters. The van der Waals surface area contributed by atoms with Crippen molar-refractivity contribution in [2.45, 2.75) is 45.4 Å². The number of amides is 1. The van der Waals surface area contributed by atoms with Gasteiger partial charge in [0.25, 0.3) is 0 Å². The largest absolute Gasteiger partial charge is 0.504 e. The van der Waals surface area contributed by atoms with Crippen LogP contribution >= 0.6 is 0 Å². The molecule has 0 unspecified atom stereocenters. The van der Waals surface area contributed by atoms with Gasteiger partial charge in [-0.2, -0.15) is 0 Å². The maximum atomic E-state index is 12.5. The monoisotopic (exact) mass is 508 g/mol. The molecule has 0 heterocycles. The summed E-state index contributed by atoms with van der Waals surface area (Å²) in [7, 11) is 3.17. The Hall–Kier alpha value is -3.75. The van der Waals surface area contributed by atoms with E-state index < -0.39 is 6.10 Å². The van der Waals surface area contributed by atoms with Gasteiger partial charge in [-0.25, -0.2) is 0 Å². The predicted molar refractivity (Wildman–Crippen MR) is 142 cm³/mol. The summed E-state index contributed by atoms with van der Waals surface area (Å²) in [6.07, 6.45) is 0.189. The van der Waals surface area contributed by atoms with E-state index in [9.17, 15) is 20.1 Å². The molecule has 0 aromatic heterocycles. The average Bonchev–Trinajstić information content (AvgIpc) is 2.90. The summed E-state index contributed by atoms with van der Waals surface area (Å²) in [5.74, 6) is 0.816. The Balaban J connectivity index is 1.48. The van der Waals surface area contributed by atoms with Gasteiger partial charge in [0.1, 0.15) is 11.5 Å². The van der Waals surface area contributed by atoms with Crippen LogP contribution in [0.4, 0.5) is 0 Å². The Morgan fingerprint density at radius 3 is 2.19 bits per heavy atom. The van der Waals surface area contributed by atoms with Crippen LogP contribution in [0.2, 0.25) is 0 Å². The summed E-state index contributed by atoms with van der Waals surface area (Å²) in [5, 5.41) is 36.2. The maximum absolute atomic E-state index is 12.5. The van der Waals surface area contributed by atoms with Crippen molar-refractivity contribution in [1.29, 1.82) is 0 Å². The third-order valence-electron chi connectivity index (χ3n) is 6.39. The fourth-order valence-corrected chi connectivity index (χ4v) is 4.24. The third kappa shape index (κ3) is 7.38. The van der Waals surface area contributed by atoms with Gasteiger partial charge in [0, 0.05) is 18.2 Å². The number of aromatic hydroxyl groups is 2. The van der Waals surface area contributed by atoms with Gasteiger partial charge in [-0.3, -0.25) is 4.79 Å². The van der Waals surface area contributed by atoms with E-state index in [2.05, 4.69) is 10.6 Å². The Kier molecular flexibility index (Phi) is 9.77. The molecule has 0 aliphatic heterocycles. The molecule has 0 radical (unpaired) electrons. The number of nitrogens with one attached hydrogen (secondary N) is 2. The van der Waals surface area contributed by atoms with Gasteiger partial charge in [0.05, 0.1) is 38.9 Å². The normalized spacial score (nSPS) is 12.6. The Morgan fingerprint density at radius 2 is 1.57 bits per heavy atom. The first-order valence-corrected chi connectivity index (χ1v) is 12.2. The Bertz CT molecular complexity index is 1170. The highest BCUT2D eigenvalue weighted by atomic mass is 16.5. The van der Waals surface area contributed by atoms with E-state index in [0.717, 1.165) is 23.1 Å². The fourth-order valence-electron chi connectivity index (χ4n) is 4.24. The van der Waals surface area contributed by atoms with Crippen LogP contribution in [0, 0.1) is 6.92 Å². The topological polar surface area (TPSA) is 120 Å². The molecule has 37 heavy (non-hydrogen) atoms. The molecule has 8 nitrogen and oxygen atoms in total. The lowest BCUT2D eigenvalue weighted by Gasteiger charge is -2.19. The molecule has 0 bridgehead atoms. The number of hydrogen-bond donors (Lipinski definition) is 5. The summed E-state index contributed by atoms with van der Waals surface area (Å²) >= 11 is 0. The SMILES string of the molecule is COc1cccc(OC)c1CNC(=O)Cc1ccc(C[C@@H](C)NC[C@H](O)c2ccc(O)c(O)c2C)cc1. The zero-order chi connectivity index (χ0) is 26.9. The predicted octanol–water partition coefficient (Wildman–Crippen LogP) is 3.54. The highest BCUT2D eigenvalue weighted by Crippen LogP contribution is 2.33. The third-order valence-corrected chi connectivity index (χ3v) is 6.39. The number of aliphatic hydroxyl groups is 1. The van der Waals surface area contributed by atoms with E-state index in [0.29, 0.717) is 35.7 Å². The minimum atomic E-state index is -0.814. The van der Waals surface area contributed by atoms with Crippen molar-refractivity contribution in [2.24, 2.45) is 0 Å². The van der Waals surface area contributed by atoms with Crippen molar-refractivity contribution in [3.05, 3.63) is 82.4 Å². The van der Waals surface area contributed by atoms with E-state index in [1.54, 1.807) is 27.2 Å². The number of benzene rings is 3. The lowest BCUT2D eigenvalue weighted by molar-refractivity contribution is -0.120. The molecule has 0 saturated heterocycles. The Labute approximate surface area is 217 Å². The second-order valence-electron chi connectivity index (χ2n) is 9.09. The molecule has 0 spiro atoms. The molecule has 0 aliphatic carbocycles. The van der Waals surface area contributed by atoms with E-state index in [-0.39, 0.29) is 29.9 Å². The van der Waals surface area contributed by atoms with Gasteiger partial charge in [0.2, 0.25) is 5.91 Å². The number of rotatable bonds is 12. The van der Waals surface area contributed by atoms with Crippen molar-refractivity contribution >= 4 is 5.91 Å². The number of aliphatic hydroxyl groups excluding tert-OH is 1. The van der Waals surface area contributed by atoms with Crippen molar-refractivity contribution in [3.63, 3.8) is 0 Å². The van der Waals surface area contributed by atoms with Crippen molar-refractivity contribution < 1.29 is 29.6 Å². The summed E-state index contributed by atoms with van der Waals surface area (Å²) < 4.78 is 10.8. The molecule has 0 fully saturated rings. The van der Waals surface area contributed by atoms with Crippen LogP contribution in [0.5, 0.6) is 23.0 Å². The van der Waals surface area contributed by atoms with E-state index in [1.807, 2.05) is 49.4 Å². The van der Waals surface area contributed by atoms with Crippen LogP contribution in [0.15, 0.2) is 54.6 Å². The van der Waals surface area contributed by atoms with Gasteiger partial charge >= 0.3 is 0 Å². The van der Waals surface area contributed by atoms with Gasteiger partial charge in [-0.1, -0.05) is 36.4 Å². The number of methoxy groups -OCH3 is 2. The van der Waals surface area contributed by atoms with Crippen molar-refractivity contribution in [3.8, 4) is 23.0 Å². The zero-order valence-corrected chi connectivity index (χ0v) is 21.7. The summed E-state index contributed by atoms with van der Waals surface area (Å²) in [5.41, 5.74) is 3.84. The highest BCUT2D eigenvalue weighted by molar-refractivity contribution is 5.78. The van der Waals surface area contributed by atoms with Gasteiger partial charge in [0.15, 0.2) is 11.5 Å². The molecular weight excluding hydrogens is 472 g/mol. The molecule has 1 amide bonds. The first kappa shape index (κ1) is 27.8. The number of phenolic OH excluding ortho intramolecular Hbond substituents is 2. The minimum Gasteiger partial charge on any atom is -0.504 e. The van der Waals surface area contributed by atoms with Crippen molar-refractivity contribution in [2.75, 3.05) is 20.8 Å². The van der Waals surface area contributed by atoms with Gasteiger partial charge < -0.3 is 35.4 Å². The van der Waals surface area contributed by atoms with Crippen LogP contribution in [0.25, 0.3) is 0 Å². The molecule has 3 aromatic carbocycles. The average molecular weight is 509 g/mol. The van der Waals surface area contributed by atoms with Gasteiger partial charge in [-0.15, -0.1) is 0 Å². The van der Waals surface area contributed by atoms with Crippen LogP contribution < -0.4 is 20.1 Å². The lowest BCUT2D eigenvalue weighted by Crippen LogP contribution is -2.32. The molecule has 0 saturated carbocycles. The second kappa shape index (κ2) is 13.0. The molecule has 0 aliphatic rings. The highest BCUT2D eigenvalue weighted by Gasteiger charge is 2.16. The molecule has 3 aromatic rings. The van der Waals surface area contributed by atoms with Crippen LogP contribution in [0.1, 0.15) is 40.8 Å². The van der Waals surface area contributed by atoms with Crippen LogP contribution in [0.3, 0.4) is 0 Å². The smallest absolute Gasteiger partial charge is 0.224 e. The molecular formula is C29H36N2O6. The van der Waals surface area contributed by atoms with E-state index >= 15 is 0 Å². The summed E-state index contributed by atoms with van der Waals surface area (Å²) in [4.78, 5) is 12.5. The second-order valence-corrected chi connectivity index (χ2v) is 9.09. The van der Waals surface area contributed by atoms with Gasteiger partial charge in [-0.05, 0) is 55.2 Å². The van der Waals surface area contributed by atoms with Crippen molar-refractivity contribution in [1.82, 2.24) is 10.6 Å². The zero-order valence-electron chi connectivity index (χ0n) is 21.7. The van der Waals surface area contributed by atoms with Crippen LogP contribution in [-0.4, -0.2) is 48.0 Å². The molecule has 5 N–H and O–H groups in total. The number of ether oxygens (including phenoxy) is 2. The standard InChI is InChI=1S/C29H36N2O6/c1-18(30-17-25(33)22-12-13-24(32)29(35)19(22)2)14-20-8-10-21(11-9-20)15-28(34)31-16-23-26(36-3)6-5-7-27(23)37-4/h5-13,18,25,30,32-33,35H,14-17H2,1-4H3,(H,31,34)/t18-,25+/m1/s1. The fraction of sp³-hybridized carbons (Fsp3) is 0.345. The van der Waals surface area contributed by atoms with Crippen LogP contribution in [-0.2, 0) is 24.2 Å². The molecule has 3 rings (SSSR count). The maximum Gasteiger partial charge on any atom is 0.224 e. The molecule has 198 valence electrons.